The number of hydrogen-bond acceptors (Lipinski definition) is 3. The van der Waals surface area contributed by atoms with Gasteiger partial charge in [0.15, 0.2) is 20.4 Å². The largest absolute Gasteiger partial charge is 0.450 e. The summed E-state index contributed by atoms with van der Waals surface area (Å²) in [4.78, 5) is 4.28. The third-order valence-corrected chi connectivity index (χ3v) is 9.12. The van der Waals surface area contributed by atoms with E-state index in [1.807, 2.05) is 0 Å². The molecule has 0 atom stereocenters. The monoisotopic (exact) mass is 210 g/mol. The van der Waals surface area contributed by atoms with E-state index in [1.165, 1.54) is 37.5 Å². The lowest BCUT2D eigenvalue weighted by molar-refractivity contribution is 0.558. The normalized spacial score (nSPS) is 20.3. The Bertz CT molecular complexity index is 282. The second kappa shape index (κ2) is 3.77. The molecule has 0 bridgehead atoms. The predicted molar refractivity (Wildman–Crippen MR) is 60.0 cm³/mol. The molecule has 1 aliphatic heterocycles. The first-order chi connectivity index (χ1) is 6.82. The molecule has 0 saturated carbocycles. The minimum atomic E-state index is -1.20. The summed E-state index contributed by atoms with van der Waals surface area (Å²) in [6.45, 7) is 5.84. The van der Waals surface area contributed by atoms with E-state index >= 15 is 0 Å². The zero-order chi connectivity index (χ0) is 10.0. The van der Waals surface area contributed by atoms with Crippen molar-refractivity contribution in [1.29, 1.82) is 0 Å². The third-order valence-electron chi connectivity index (χ3n) is 3.61. The molecule has 1 fully saturated rings. The summed E-state index contributed by atoms with van der Waals surface area (Å²) >= 11 is 0. The fraction of sp³-hybridized carbons (Fsp3) is 0.700. The molecule has 14 heavy (non-hydrogen) atoms. The fourth-order valence-electron chi connectivity index (χ4n) is 2.62. The Kier molecular flexibility index (Phi) is 2.63. The molecule has 1 saturated heterocycles. The van der Waals surface area contributed by atoms with Crippen LogP contribution in [0.5, 0.6) is 0 Å². The van der Waals surface area contributed by atoms with Crippen LogP contribution < -0.4 is 4.57 Å². The van der Waals surface area contributed by atoms with Crippen molar-refractivity contribution in [3.8, 4) is 0 Å². The first-order valence-corrected chi connectivity index (χ1v) is 8.05. The fourth-order valence-corrected chi connectivity index (χ4v) is 6.91. The van der Waals surface area contributed by atoms with Crippen LogP contribution in [0.1, 0.15) is 20.3 Å². The molecule has 0 spiro atoms. The molecule has 1 aromatic rings. The summed E-state index contributed by atoms with van der Waals surface area (Å²) in [5, 5.41) is 0. The number of hydrogen-bond donors (Lipinski definition) is 0. The van der Waals surface area contributed by atoms with Gasteiger partial charge in [0.1, 0.15) is 6.26 Å². The molecule has 4 heteroatoms. The van der Waals surface area contributed by atoms with Crippen molar-refractivity contribution in [2.45, 2.75) is 38.4 Å². The molecule has 1 aromatic heterocycles. The molecule has 78 valence electrons. The minimum Gasteiger partial charge on any atom is -0.450 e. The van der Waals surface area contributed by atoms with Gasteiger partial charge in [-0.25, -0.2) is 4.98 Å². The smallest absolute Gasteiger partial charge is 0.182 e. The predicted octanol–water partition coefficient (Wildman–Crippen LogP) is 2.87. The number of anilines is 1. The molecule has 0 aromatic carbocycles. The molecule has 1 aliphatic rings. The Morgan fingerprint density at radius 2 is 2.29 bits per heavy atom. The van der Waals surface area contributed by atoms with Crippen molar-refractivity contribution >= 4 is 14.1 Å². The first kappa shape index (κ1) is 9.77. The highest BCUT2D eigenvalue weighted by molar-refractivity contribution is 6.83. The molecular formula is C10H18N2OSi. The van der Waals surface area contributed by atoms with Gasteiger partial charge in [0.25, 0.3) is 0 Å². The van der Waals surface area contributed by atoms with Gasteiger partial charge in [-0.2, -0.15) is 0 Å². The van der Waals surface area contributed by atoms with Crippen LogP contribution in [0.3, 0.4) is 0 Å². The Labute approximate surface area is 86.2 Å². The zero-order valence-corrected chi connectivity index (χ0v) is 9.99. The Morgan fingerprint density at radius 3 is 2.86 bits per heavy atom. The van der Waals surface area contributed by atoms with Gasteiger partial charge in [-0.3, -0.25) is 0 Å². The van der Waals surface area contributed by atoms with Crippen LogP contribution in [0, 0.1) is 0 Å². The SMILES string of the molecule is CC[Si]1(CC)CCCN1c1cocn1. The van der Waals surface area contributed by atoms with Crippen LogP contribution in [-0.4, -0.2) is 19.8 Å². The summed E-state index contributed by atoms with van der Waals surface area (Å²) < 4.78 is 7.63. The van der Waals surface area contributed by atoms with Gasteiger partial charge in [-0.05, 0) is 24.6 Å². The summed E-state index contributed by atoms with van der Waals surface area (Å²) in [5.74, 6) is 1.07. The van der Waals surface area contributed by atoms with Crippen molar-refractivity contribution in [1.82, 2.24) is 4.98 Å². The van der Waals surface area contributed by atoms with E-state index in [0.29, 0.717) is 0 Å². The van der Waals surface area contributed by atoms with Gasteiger partial charge in [0.05, 0.1) is 0 Å². The van der Waals surface area contributed by atoms with Crippen LogP contribution in [0.2, 0.25) is 18.1 Å². The van der Waals surface area contributed by atoms with E-state index < -0.39 is 8.24 Å². The van der Waals surface area contributed by atoms with Crippen molar-refractivity contribution in [2.75, 3.05) is 11.1 Å². The van der Waals surface area contributed by atoms with Gasteiger partial charge in [0.2, 0.25) is 0 Å². The quantitative estimate of drug-likeness (QED) is 0.718. The second-order valence-electron chi connectivity index (χ2n) is 4.03. The van der Waals surface area contributed by atoms with Crippen LogP contribution in [0.15, 0.2) is 17.1 Å². The number of rotatable bonds is 3. The Hall–Kier alpha value is -0.773. The van der Waals surface area contributed by atoms with Gasteiger partial charge in [-0.1, -0.05) is 13.8 Å². The topological polar surface area (TPSA) is 29.3 Å². The number of nitrogens with zero attached hydrogens (tertiary/aromatic N) is 2. The molecule has 0 amide bonds. The summed E-state index contributed by atoms with van der Waals surface area (Å²) in [7, 11) is -1.20. The summed E-state index contributed by atoms with van der Waals surface area (Å²) in [6, 6.07) is 4.08. The lowest BCUT2D eigenvalue weighted by atomic mass is 10.5. The highest BCUT2D eigenvalue weighted by atomic mass is 28.3. The number of aromatic nitrogens is 1. The molecule has 0 radical (unpaired) electrons. The zero-order valence-electron chi connectivity index (χ0n) is 8.99. The maximum atomic E-state index is 5.08. The van der Waals surface area contributed by atoms with Crippen molar-refractivity contribution in [3.05, 3.63) is 12.7 Å². The lowest BCUT2D eigenvalue weighted by Gasteiger charge is -2.34. The minimum absolute atomic E-state index is 1.07. The van der Waals surface area contributed by atoms with Gasteiger partial charge in [0, 0.05) is 6.54 Å². The molecule has 0 N–H and O–H groups in total. The van der Waals surface area contributed by atoms with E-state index in [-0.39, 0.29) is 0 Å². The Balaban J connectivity index is 2.26. The van der Waals surface area contributed by atoms with Gasteiger partial charge >= 0.3 is 0 Å². The molecule has 3 nitrogen and oxygen atoms in total. The summed E-state index contributed by atoms with van der Waals surface area (Å²) in [5.41, 5.74) is 0. The first-order valence-electron chi connectivity index (χ1n) is 5.48. The molecular weight excluding hydrogens is 192 g/mol. The van der Waals surface area contributed by atoms with Crippen molar-refractivity contribution in [3.63, 3.8) is 0 Å². The second-order valence-corrected chi connectivity index (χ2v) is 8.94. The summed E-state index contributed by atoms with van der Waals surface area (Å²) in [6.07, 6.45) is 4.66. The van der Waals surface area contributed by atoms with E-state index in [1.54, 1.807) is 6.26 Å². The van der Waals surface area contributed by atoms with Crippen molar-refractivity contribution < 1.29 is 4.42 Å². The van der Waals surface area contributed by atoms with Crippen LogP contribution >= 0.6 is 0 Å². The van der Waals surface area contributed by atoms with E-state index in [2.05, 4.69) is 23.4 Å². The van der Waals surface area contributed by atoms with Crippen molar-refractivity contribution in [2.24, 2.45) is 0 Å². The standard InChI is InChI=1S/C10H18N2OSi/c1-3-14(4-2)7-5-6-12(14)10-8-13-9-11-10/h8-9H,3-7H2,1-2H3. The highest BCUT2D eigenvalue weighted by Gasteiger charge is 2.41. The lowest BCUT2D eigenvalue weighted by Crippen LogP contribution is -2.48. The van der Waals surface area contributed by atoms with E-state index in [4.69, 9.17) is 4.42 Å². The molecule has 2 rings (SSSR count). The molecule has 0 unspecified atom stereocenters. The average Bonchev–Trinajstić information content (AvgIpc) is 2.86. The van der Waals surface area contributed by atoms with Crippen LogP contribution in [-0.2, 0) is 0 Å². The van der Waals surface area contributed by atoms with E-state index in [0.717, 1.165) is 5.82 Å². The third kappa shape index (κ3) is 1.37. The Morgan fingerprint density at radius 1 is 1.50 bits per heavy atom. The van der Waals surface area contributed by atoms with Crippen LogP contribution in [0.25, 0.3) is 0 Å². The molecule has 2 heterocycles. The average molecular weight is 210 g/mol. The highest BCUT2D eigenvalue weighted by Crippen LogP contribution is 2.35. The van der Waals surface area contributed by atoms with E-state index in [9.17, 15) is 0 Å². The maximum absolute atomic E-state index is 5.08. The van der Waals surface area contributed by atoms with Gasteiger partial charge in [-0.15, -0.1) is 0 Å². The van der Waals surface area contributed by atoms with Gasteiger partial charge < -0.3 is 8.98 Å². The molecule has 0 aliphatic carbocycles. The maximum Gasteiger partial charge on any atom is 0.182 e. The van der Waals surface area contributed by atoms with Crippen LogP contribution in [0.4, 0.5) is 5.82 Å². The number of oxazole rings is 1.